The molecular formula is C20H20ClFN4O. The molecule has 0 aliphatic heterocycles. The molecule has 0 unspecified atom stereocenters. The molecule has 0 radical (unpaired) electrons. The lowest BCUT2D eigenvalue weighted by Gasteiger charge is -2.15. The van der Waals surface area contributed by atoms with Crippen molar-refractivity contribution in [3.05, 3.63) is 59.3 Å². The van der Waals surface area contributed by atoms with E-state index in [0.717, 1.165) is 11.3 Å². The average Bonchev–Trinajstić information content (AvgIpc) is 2.65. The quantitative estimate of drug-likeness (QED) is 0.613. The third kappa shape index (κ3) is 4.71. The third-order valence-electron chi connectivity index (χ3n) is 3.75. The molecule has 1 aromatic carbocycles. The highest BCUT2D eigenvalue weighted by Crippen LogP contribution is 2.29. The largest absolute Gasteiger partial charge is 0.490 e. The second-order valence-electron chi connectivity index (χ2n) is 6.55. The number of anilines is 2. The molecule has 2 heterocycles. The number of aromatic nitrogens is 3. The molecule has 140 valence electrons. The zero-order chi connectivity index (χ0) is 19.4. The molecule has 0 saturated carbocycles. The average molecular weight is 387 g/mol. The summed E-state index contributed by atoms with van der Waals surface area (Å²) in [6, 6.07) is 6.10. The minimum atomic E-state index is -0.431. The Hall–Kier alpha value is -2.73. The fourth-order valence-electron chi connectivity index (χ4n) is 2.35. The second kappa shape index (κ2) is 8.31. The summed E-state index contributed by atoms with van der Waals surface area (Å²) < 4.78 is 20.0. The smallest absolute Gasteiger partial charge is 0.164 e. The summed E-state index contributed by atoms with van der Waals surface area (Å²) in [6.45, 7) is 6.59. The number of nitrogens with zero attached hydrogens (tertiary/aromatic N) is 3. The van der Waals surface area contributed by atoms with Crippen molar-refractivity contribution in [1.29, 1.82) is 0 Å². The number of nitrogens with one attached hydrogen (secondary N) is 1. The Morgan fingerprint density at radius 3 is 2.81 bits per heavy atom. The summed E-state index contributed by atoms with van der Waals surface area (Å²) in [7, 11) is 0. The lowest BCUT2D eigenvalue weighted by Crippen LogP contribution is -2.07. The van der Waals surface area contributed by atoms with Gasteiger partial charge in [-0.3, -0.25) is 4.98 Å². The molecule has 0 aliphatic rings. The molecule has 27 heavy (non-hydrogen) atoms. The van der Waals surface area contributed by atoms with Crippen LogP contribution in [0.25, 0.3) is 11.4 Å². The van der Waals surface area contributed by atoms with Crippen molar-refractivity contribution in [2.24, 2.45) is 5.92 Å². The molecule has 0 saturated heterocycles. The fourth-order valence-corrected chi connectivity index (χ4v) is 2.52. The van der Waals surface area contributed by atoms with Crippen molar-refractivity contribution in [2.75, 3.05) is 11.9 Å². The first-order chi connectivity index (χ1) is 12.9. The van der Waals surface area contributed by atoms with Gasteiger partial charge < -0.3 is 10.1 Å². The molecule has 3 rings (SSSR count). The van der Waals surface area contributed by atoms with Gasteiger partial charge >= 0.3 is 0 Å². The maximum absolute atomic E-state index is 14.2. The third-order valence-corrected chi connectivity index (χ3v) is 3.99. The van der Waals surface area contributed by atoms with Gasteiger partial charge in [0.1, 0.15) is 11.6 Å². The maximum Gasteiger partial charge on any atom is 0.164 e. The van der Waals surface area contributed by atoms with Crippen LogP contribution in [0.5, 0.6) is 5.75 Å². The summed E-state index contributed by atoms with van der Waals surface area (Å²) >= 11 is 5.99. The van der Waals surface area contributed by atoms with Gasteiger partial charge in [0.15, 0.2) is 11.6 Å². The predicted octanol–water partition coefficient (Wildman–Crippen LogP) is 5.42. The Kier molecular flexibility index (Phi) is 5.86. The SMILES string of the molecule is Cc1cnc(-c2cc(Cl)ccc2F)nc1Nc1ccncc1OCC(C)C. The van der Waals surface area contributed by atoms with Crippen molar-refractivity contribution >= 4 is 23.1 Å². The number of benzene rings is 1. The fraction of sp³-hybridized carbons (Fsp3) is 0.250. The van der Waals surface area contributed by atoms with E-state index >= 15 is 0 Å². The molecule has 5 nitrogen and oxygen atoms in total. The van der Waals surface area contributed by atoms with Crippen LogP contribution in [0.15, 0.2) is 42.9 Å². The Morgan fingerprint density at radius 1 is 1.22 bits per heavy atom. The first-order valence-corrected chi connectivity index (χ1v) is 8.94. The molecule has 7 heteroatoms. The van der Waals surface area contributed by atoms with Gasteiger partial charge in [0.05, 0.1) is 24.1 Å². The highest BCUT2D eigenvalue weighted by Gasteiger charge is 2.13. The van der Waals surface area contributed by atoms with Crippen LogP contribution in [0.3, 0.4) is 0 Å². The van der Waals surface area contributed by atoms with E-state index in [2.05, 4.69) is 34.1 Å². The number of hydrogen-bond acceptors (Lipinski definition) is 5. The van der Waals surface area contributed by atoms with Crippen molar-refractivity contribution in [3.8, 4) is 17.1 Å². The van der Waals surface area contributed by atoms with Gasteiger partial charge in [-0.25, -0.2) is 14.4 Å². The summed E-state index contributed by atoms with van der Waals surface area (Å²) in [5.74, 6) is 1.39. The summed E-state index contributed by atoms with van der Waals surface area (Å²) in [5, 5.41) is 3.66. The first-order valence-electron chi connectivity index (χ1n) is 8.57. The molecular weight excluding hydrogens is 367 g/mol. The first kappa shape index (κ1) is 19.0. The van der Waals surface area contributed by atoms with E-state index in [1.54, 1.807) is 24.7 Å². The number of hydrogen-bond donors (Lipinski definition) is 1. The van der Waals surface area contributed by atoms with Gasteiger partial charge in [0.2, 0.25) is 0 Å². The van der Waals surface area contributed by atoms with Crippen molar-refractivity contribution < 1.29 is 9.13 Å². The van der Waals surface area contributed by atoms with Crippen LogP contribution in [0.1, 0.15) is 19.4 Å². The van der Waals surface area contributed by atoms with Gasteiger partial charge in [0.25, 0.3) is 0 Å². The normalized spacial score (nSPS) is 10.9. The lowest BCUT2D eigenvalue weighted by molar-refractivity contribution is 0.271. The van der Waals surface area contributed by atoms with E-state index in [4.69, 9.17) is 16.3 Å². The van der Waals surface area contributed by atoms with Crippen LogP contribution >= 0.6 is 11.6 Å². The van der Waals surface area contributed by atoms with Crippen LogP contribution in [0.2, 0.25) is 5.02 Å². The number of aryl methyl sites for hydroxylation is 1. The zero-order valence-electron chi connectivity index (χ0n) is 15.3. The summed E-state index contributed by atoms with van der Waals surface area (Å²) in [4.78, 5) is 12.8. The Morgan fingerprint density at radius 2 is 2.04 bits per heavy atom. The molecule has 0 spiro atoms. The standard InChI is InChI=1S/C20H20ClFN4O/c1-12(2)11-27-18-10-23-7-6-17(18)25-19-13(3)9-24-20(26-19)15-8-14(21)4-5-16(15)22/h4-10,12H,11H2,1-3H3,(H,23,24,25,26). The van der Waals surface area contributed by atoms with Crippen molar-refractivity contribution in [2.45, 2.75) is 20.8 Å². The maximum atomic E-state index is 14.2. The molecule has 1 N–H and O–H groups in total. The highest BCUT2D eigenvalue weighted by atomic mass is 35.5. The molecule has 0 amide bonds. The van der Waals surface area contributed by atoms with Crippen molar-refractivity contribution in [1.82, 2.24) is 15.0 Å². The Balaban J connectivity index is 1.93. The van der Waals surface area contributed by atoms with Crippen LogP contribution < -0.4 is 10.1 Å². The van der Waals surface area contributed by atoms with Gasteiger partial charge in [-0.1, -0.05) is 25.4 Å². The predicted molar refractivity (Wildman–Crippen MR) is 105 cm³/mol. The number of rotatable bonds is 6. The van der Waals surface area contributed by atoms with Crippen molar-refractivity contribution in [3.63, 3.8) is 0 Å². The highest BCUT2D eigenvalue weighted by molar-refractivity contribution is 6.30. The minimum absolute atomic E-state index is 0.247. The molecule has 0 aliphatic carbocycles. The van der Waals surface area contributed by atoms with Gasteiger partial charge in [-0.2, -0.15) is 0 Å². The topological polar surface area (TPSA) is 59.9 Å². The monoisotopic (exact) mass is 386 g/mol. The van der Waals surface area contributed by atoms with E-state index in [1.807, 2.05) is 6.92 Å². The lowest BCUT2D eigenvalue weighted by atomic mass is 10.2. The van der Waals surface area contributed by atoms with Gasteiger partial charge in [-0.15, -0.1) is 0 Å². The van der Waals surface area contributed by atoms with E-state index in [1.165, 1.54) is 18.2 Å². The summed E-state index contributed by atoms with van der Waals surface area (Å²) in [6.07, 6.45) is 4.96. The minimum Gasteiger partial charge on any atom is -0.490 e. The zero-order valence-corrected chi connectivity index (χ0v) is 16.1. The van der Waals surface area contributed by atoms with E-state index in [0.29, 0.717) is 29.1 Å². The molecule has 2 aromatic heterocycles. The van der Waals surface area contributed by atoms with Crippen LogP contribution in [-0.4, -0.2) is 21.6 Å². The van der Waals surface area contributed by atoms with E-state index in [-0.39, 0.29) is 11.4 Å². The van der Waals surface area contributed by atoms with E-state index < -0.39 is 5.82 Å². The molecule has 0 atom stereocenters. The number of halogens is 2. The molecule has 0 fully saturated rings. The van der Waals surface area contributed by atoms with E-state index in [9.17, 15) is 4.39 Å². The molecule has 0 bridgehead atoms. The Bertz CT molecular complexity index is 949. The van der Waals surface area contributed by atoms with Gasteiger partial charge in [-0.05, 0) is 37.1 Å². The second-order valence-corrected chi connectivity index (χ2v) is 6.99. The summed E-state index contributed by atoms with van der Waals surface area (Å²) in [5.41, 5.74) is 1.79. The van der Waals surface area contributed by atoms with Gasteiger partial charge in [0, 0.05) is 23.0 Å². The van der Waals surface area contributed by atoms with Crippen LogP contribution in [-0.2, 0) is 0 Å². The van der Waals surface area contributed by atoms with Crippen LogP contribution in [0, 0.1) is 18.7 Å². The van der Waals surface area contributed by atoms with Crippen LogP contribution in [0.4, 0.5) is 15.9 Å². The Labute approximate surface area is 162 Å². The number of pyridine rings is 1. The number of ether oxygens (including phenoxy) is 1. The molecule has 3 aromatic rings.